The normalized spacial score (nSPS) is 14.4. The second-order valence-electron chi connectivity index (χ2n) is 15.8. The topological polar surface area (TPSA) is 3.24 Å². The number of hydrogen-bond donors (Lipinski definition) is 0. The molecule has 0 saturated heterocycles. The first-order chi connectivity index (χ1) is 26.9. The largest absolute Gasteiger partial charge is 0.310 e. The quantitative estimate of drug-likeness (QED) is 0.171. The van der Waals surface area contributed by atoms with E-state index in [0.717, 1.165) is 17.1 Å². The molecule has 55 heavy (non-hydrogen) atoms. The highest BCUT2D eigenvalue weighted by Gasteiger charge is 2.42. The summed E-state index contributed by atoms with van der Waals surface area (Å²) < 4.78 is 2.65. The fourth-order valence-corrected chi connectivity index (χ4v) is 10.9. The lowest BCUT2D eigenvalue weighted by atomic mass is 9.71. The fraction of sp³-hybridized carbons (Fsp3) is 0.0943. The Morgan fingerprint density at radius 2 is 0.909 bits per heavy atom. The van der Waals surface area contributed by atoms with E-state index in [2.05, 4.69) is 208 Å². The number of thiophene rings is 1. The summed E-state index contributed by atoms with van der Waals surface area (Å²) in [6.45, 7) is 7.15. The molecule has 1 heterocycles. The van der Waals surface area contributed by atoms with Crippen LogP contribution in [0.2, 0.25) is 0 Å². The highest BCUT2D eigenvalue weighted by atomic mass is 32.1. The van der Waals surface area contributed by atoms with Crippen LogP contribution in [0.15, 0.2) is 182 Å². The molecule has 11 rings (SSSR count). The van der Waals surface area contributed by atoms with Crippen molar-refractivity contribution in [2.24, 2.45) is 0 Å². The molecular formula is C53H39NS. The van der Waals surface area contributed by atoms with Gasteiger partial charge in [0, 0.05) is 48.1 Å². The lowest BCUT2D eigenvalue weighted by molar-refractivity contribution is 0.660. The maximum absolute atomic E-state index is 2.51. The van der Waals surface area contributed by atoms with Gasteiger partial charge in [0.1, 0.15) is 0 Å². The van der Waals surface area contributed by atoms with Gasteiger partial charge in [0.05, 0.1) is 0 Å². The minimum absolute atomic E-state index is 0.0800. The molecular weight excluding hydrogens is 683 g/mol. The lowest BCUT2D eigenvalue weighted by Crippen LogP contribution is -2.23. The molecule has 2 aliphatic rings. The van der Waals surface area contributed by atoms with E-state index in [1.807, 2.05) is 11.3 Å². The number of fused-ring (bicyclic) bond motifs is 9. The number of anilines is 3. The Morgan fingerprint density at radius 3 is 1.62 bits per heavy atom. The third kappa shape index (κ3) is 4.65. The fourth-order valence-electron chi connectivity index (χ4n) is 9.81. The predicted molar refractivity (Wildman–Crippen MR) is 234 cm³/mol. The zero-order valence-electron chi connectivity index (χ0n) is 31.2. The van der Waals surface area contributed by atoms with E-state index in [4.69, 9.17) is 0 Å². The number of para-hydroxylation sites is 1. The van der Waals surface area contributed by atoms with Gasteiger partial charge in [0.2, 0.25) is 0 Å². The molecule has 0 bridgehead atoms. The third-order valence-electron chi connectivity index (χ3n) is 12.6. The lowest BCUT2D eigenvalue weighted by Gasteiger charge is -2.31. The van der Waals surface area contributed by atoms with Crippen molar-refractivity contribution in [1.29, 1.82) is 0 Å². The second kappa shape index (κ2) is 11.9. The van der Waals surface area contributed by atoms with Crippen molar-refractivity contribution < 1.29 is 0 Å². The van der Waals surface area contributed by atoms with Gasteiger partial charge in [0.15, 0.2) is 0 Å². The van der Waals surface area contributed by atoms with Gasteiger partial charge in [-0.1, -0.05) is 141 Å². The average molecular weight is 722 g/mol. The van der Waals surface area contributed by atoms with Crippen molar-refractivity contribution in [3.63, 3.8) is 0 Å². The molecule has 0 radical (unpaired) electrons. The van der Waals surface area contributed by atoms with Gasteiger partial charge >= 0.3 is 0 Å². The predicted octanol–water partition coefficient (Wildman–Crippen LogP) is 14.8. The van der Waals surface area contributed by atoms with Gasteiger partial charge in [-0.3, -0.25) is 0 Å². The van der Waals surface area contributed by atoms with Crippen LogP contribution in [-0.2, 0) is 10.8 Å². The molecule has 0 aliphatic heterocycles. The van der Waals surface area contributed by atoms with E-state index in [1.165, 1.54) is 81.4 Å². The van der Waals surface area contributed by atoms with Crippen molar-refractivity contribution in [1.82, 2.24) is 0 Å². The molecule has 0 atom stereocenters. The summed E-state index contributed by atoms with van der Waals surface area (Å²) in [7, 11) is 0. The zero-order valence-corrected chi connectivity index (χ0v) is 32.0. The Balaban J connectivity index is 1.09. The van der Waals surface area contributed by atoms with Crippen LogP contribution in [0.5, 0.6) is 0 Å². The Hall–Kier alpha value is -6.22. The van der Waals surface area contributed by atoms with Crippen molar-refractivity contribution in [2.45, 2.75) is 31.6 Å². The average Bonchev–Trinajstić information content (AvgIpc) is 3.81. The van der Waals surface area contributed by atoms with Crippen LogP contribution in [0.25, 0.3) is 53.6 Å². The van der Waals surface area contributed by atoms with Crippen LogP contribution < -0.4 is 4.90 Å². The summed E-state index contributed by atoms with van der Waals surface area (Å²) in [4.78, 5) is 2.41. The minimum atomic E-state index is -0.330. The molecule has 0 saturated carbocycles. The minimum Gasteiger partial charge on any atom is -0.310 e. The van der Waals surface area contributed by atoms with Crippen molar-refractivity contribution in [3.8, 4) is 33.4 Å². The maximum atomic E-state index is 2.51. The molecule has 9 aromatic rings. The molecule has 0 N–H and O–H groups in total. The van der Waals surface area contributed by atoms with E-state index >= 15 is 0 Å². The number of nitrogens with zero attached hydrogens (tertiary/aromatic N) is 1. The zero-order chi connectivity index (χ0) is 36.9. The van der Waals surface area contributed by atoms with E-state index in [0.29, 0.717) is 0 Å². The van der Waals surface area contributed by atoms with Crippen LogP contribution in [0, 0.1) is 0 Å². The van der Waals surface area contributed by atoms with Crippen molar-refractivity contribution in [2.75, 3.05) is 4.90 Å². The Labute approximate surface area is 326 Å². The number of benzene rings is 8. The summed E-state index contributed by atoms with van der Waals surface area (Å²) in [6, 6.07) is 67.9. The highest BCUT2D eigenvalue weighted by molar-refractivity contribution is 7.25. The summed E-state index contributed by atoms with van der Waals surface area (Å²) in [5, 5.41) is 2.66. The smallest absolute Gasteiger partial charge is 0.0465 e. The first-order valence-electron chi connectivity index (χ1n) is 19.3. The van der Waals surface area contributed by atoms with Crippen molar-refractivity contribution in [3.05, 3.63) is 210 Å². The van der Waals surface area contributed by atoms with E-state index in [9.17, 15) is 0 Å². The van der Waals surface area contributed by atoms with E-state index in [-0.39, 0.29) is 10.8 Å². The first kappa shape index (κ1) is 32.2. The maximum Gasteiger partial charge on any atom is 0.0465 e. The molecule has 0 amide bonds. The third-order valence-corrected chi connectivity index (χ3v) is 13.7. The van der Waals surface area contributed by atoms with Gasteiger partial charge in [0.25, 0.3) is 0 Å². The number of hydrogen-bond acceptors (Lipinski definition) is 2. The molecule has 2 aliphatic carbocycles. The standard InChI is InChI=1S/C53H39NS/c1-52(2)45-21-11-7-17-38(45)41-30-29-37(31-48(41)52)54(35-15-5-4-6-16-35)36-27-25-34(26-28-36)43-33-51-44(42-20-10-14-24-50(42)55-51)32-49(43)53(3)46-22-12-8-18-39(46)40-19-9-13-23-47(40)53/h4-33H,1-3H3. The van der Waals surface area contributed by atoms with Crippen LogP contribution >= 0.6 is 11.3 Å². The van der Waals surface area contributed by atoms with Gasteiger partial charge in [-0.25, -0.2) is 0 Å². The summed E-state index contributed by atoms with van der Waals surface area (Å²) in [6.07, 6.45) is 0. The molecule has 8 aromatic carbocycles. The summed E-state index contributed by atoms with van der Waals surface area (Å²) in [5.74, 6) is 0. The Morgan fingerprint density at radius 1 is 0.364 bits per heavy atom. The monoisotopic (exact) mass is 721 g/mol. The van der Waals surface area contributed by atoms with Crippen LogP contribution in [0.4, 0.5) is 17.1 Å². The molecule has 1 aromatic heterocycles. The van der Waals surface area contributed by atoms with Gasteiger partial charge < -0.3 is 4.90 Å². The van der Waals surface area contributed by atoms with Crippen molar-refractivity contribution >= 4 is 48.6 Å². The second-order valence-corrected chi connectivity index (χ2v) is 16.9. The van der Waals surface area contributed by atoms with Gasteiger partial charge in [-0.15, -0.1) is 11.3 Å². The molecule has 262 valence electrons. The van der Waals surface area contributed by atoms with Crippen LogP contribution in [0.3, 0.4) is 0 Å². The summed E-state index contributed by atoms with van der Waals surface area (Å²) >= 11 is 1.89. The van der Waals surface area contributed by atoms with E-state index < -0.39 is 0 Å². The molecule has 0 fully saturated rings. The van der Waals surface area contributed by atoms with Crippen LogP contribution in [-0.4, -0.2) is 0 Å². The Bertz CT molecular complexity index is 2920. The summed E-state index contributed by atoms with van der Waals surface area (Å²) in [5.41, 5.74) is 17.7. The van der Waals surface area contributed by atoms with E-state index in [1.54, 1.807) is 0 Å². The molecule has 0 unspecified atom stereocenters. The molecule has 0 spiro atoms. The van der Waals surface area contributed by atoms with Gasteiger partial charge in [-0.05, 0) is 123 Å². The SMILES string of the molecule is CC1(C)c2ccccc2-c2ccc(N(c3ccccc3)c3ccc(-c4cc5sc6ccccc6c5cc4C4(C)c5ccccc5-c5ccccc54)cc3)cc21. The highest BCUT2D eigenvalue weighted by Crippen LogP contribution is 2.56. The Kier molecular flexibility index (Phi) is 6.97. The number of rotatable bonds is 5. The first-order valence-corrected chi connectivity index (χ1v) is 20.1. The van der Waals surface area contributed by atoms with Gasteiger partial charge in [-0.2, -0.15) is 0 Å². The molecule has 1 nitrogen and oxygen atoms in total. The van der Waals surface area contributed by atoms with Crippen LogP contribution in [0.1, 0.15) is 48.6 Å². The molecule has 2 heteroatoms.